The summed E-state index contributed by atoms with van der Waals surface area (Å²) in [5.74, 6) is 1.91. The van der Waals surface area contributed by atoms with E-state index in [0.717, 1.165) is 77.6 Å². The zero-order valence-electron chi connectivity index (χ0n) is 30.2. The molecular weight excluding hydrogens is 685 g/mol. The number of fused-ring (bicyclic) bond motifs is 6. The molecule has 0 fully saturated rings. The highest BCUT2D eigenvalue weighted by molar-refractivity contribution is 6.14. The van der Waals surface area contributed by atoms with E-state index >= 15 is 0 Å². The molecule has 0 amide bonds. The minimum absolute atomic E-state index is 0.629. The first-order valence-electron chi connectivity index (χ1n) is 18.8. The van der Waals surface area contributed by atoms with Crippen LogP contribution in [0.5, 0.6) is 0 Å². The van der Waals surface area contributed by atoms with Crippen molar-refractivity contribution in [1.82, 2.24) is 19.5 Å². The molecule has 56 heavy (non-hydrogen) atoms. The van der Waals surface area contributed by atoms with Crippen molar-refractivity contribution < 1.29 is 4.42 Å². The van der Waals surface area contributed by atoms with E-state index in [1.807, 2.05) is 72.8 Å². The fourth-order valence-electron chi connectivity index (χ4n) is 8.01. The lowest BCUT2D eigenvalue weighted by Crippen LogP contribution is -2.00. The van der Waals surface area contributed by atoms with Crippen LogP contribution < -0.4 is 0 Å². The lowest BCUT2D eigenvalue weighted by molar-refractivity contribution is 0.669. The third-order valence-corrected chi connectivity index (χ3v) is 10.6. The van der Waals surface area contributed by atoms with Gasteiger partial charge in [0.25, 0.3) is 0 Å². The van der Waals surface area contributed by atoms with Crippen molar-refractivity contribution in [3.05, 3.63) is 194 Å². The van der Waals surface area contributed by atoms with E-state index in [4.69, 9.17) is 19.4 Å². The quantitative estimate of drug-likeness (QED) is 0.172. The van der Waals surface area contributed by atoms with Gasteiger partial charge in [-0.2, -0.15) is 0 Å². The van der Waals surface area contributed by atoms with Crippen LogP contribution in [-0.2, 0) is 0 Å². The molecule has 0 aliphatic carbocycles. The van der Waals surface area contributed by atoms with Gasteiger partial charge >= 0.3 is 0 Å². The predicted molar refractivity (Wildman–Crippen MR) is 229 cm³/mol. The van der Waals surface area contributed by atoms with Crippen LogP contribution in [0.25, 0.3) is 106 Å². The van der Waals surface area contributed by atoms with E-state index in [1.165, 1.54) is 10.8 Å². The second-order valence-electron chi connectivity index (χ2n) is 14.0. The fraction of sp³-hybridized carbons (Fsp3) is 0. The summed E-state index contributed by atoms with van der Waals surface area (Å²) >= 11 is 0. The first kappa shape index (κ1) is 31.9. The van der Waals surface area contributed by atoms with Crippen LogP contribution in [-0.4, -0.2) is 19.5 Å². The van der Waals surface area contributed by atoms with Crippen molar-refractivity contribution >= 4 is 43.7 Å². The van der Waals surface area contributed by atoms with Crippen LogP contribution in [0.15, 0.2) is 199 Å². The maximum atomic E-state index is 6.35. The van der Waals surface area contributed by atoms with Crippen molar-refractivity contribution in [3.63, 3.8) is 0 Å². The summed E-state index contributed by atoms with van der Waals surface area (Å²) in [5, 5.41) is 4.66. The molecule has 0 bridgehead atoms. The standard InChI is InChI=1S/C51H32N4O/c1-3-14-33(15-4-1)49-52-50(34-16-5-2-6-17-34)54-51(53-49)38-20-11-18-35(30-38)36-19-12-21-39(31-36)55-45-26-9-7-22-41(45)44-25-13-24-40(48(44)55)37-28-29-43-42-23-8-10-27-46(42)56-47(43)32-37/h1-32H. The van der Waals surface area contributed by atoms with Gasteiger partial charge in [-0.3, -0.25) is 0 Å². The van der Waals surface area contributed by atoms with E-state index in [2.05, 4.69) is 126 Å². The van der Waals surface area contributed by atoms with Gasteiger partial charge in [-0.15, -0.1) is 0 Å². The summed E-state index contributed by atoms with van der Waals surface area (Å²) in [6.45, 7) is 0. The summed E-state index contributed by atoms with van der Waals surface area (Å²) in [5.41, 5.74) is 12.4. The van der Waals surface area contributed by atoms with Crippen molar-refractivity contribution in [2.24, 2.45) is 0 Å². The molecule has 0 aliphatic heterocycles. The van der Waals surface area contributed by atoms with Crippen molar-refractivity contribution in [2.45, 2.75) is 0 Å². The molecule has 0 aliphatic rings. The zero-order valence-corrected chi connectivity index (χ0v) is 30.2. The Morgan fingerprint density at radius 2 is 0.893 bits per heavy atom. The molecule has 3 heterocycles. The van der Waals surface area contributed by atoms with Crippen molar-refractivity contribution in [3.8, 4) is 62.1 Å². The van der Waals surface area contributed by atoms with Crippen molar-refractivity contribution in [1.29, 1.82) is 0 Å². The monoisotopic (exact) mass is 716 g/mol. The maximum Gasteiger partial charge on any atom is 0.164 e. The number of para-hydroxylation sites is 3. The van der Waals surface area contributed by atoms with E-state index in [0.29, 0.717) is 17.5 Å². The van der Waals surface area contributed by atoms with Gasteiger partial charge in [0.15, 0.2) is 17.5 Å². The number of furan rings is 1. The average molecular weight is 717 g/mol. The second kappa shape index (κ2) is 13.0. The minimum Gasteiger partial charge on any atom is -0.456 e. The number of hydrogen-bond donors (Lipinski definition) is 0. The Morgan fingerprint density at radius 1 is 0.339 bits per heavy atom. The third kappa shape index (κ3) is 5.37. The van der Waals surface area contributed by atoms with Gasteiger partial charge in [-0.25, -0.2) is 15.0 Å². The summed E-state index contributed by atoms with van der Waals surface area (Å²) < 4.78 is 8.75. The summed E-state index contributed by atoms with van der Waals surface area (Å²) in [4.78, 5) is 14.9. The van der Waals surface area contributed by atoms with Gasteiger partial charge in [0, 0.05) is 49.5 Å². The molecule has 0 unspecified atom stereocenters. The molecular formula is C51H32N4O. The van der Waals surface area contributed by atoms with Gasteiger partial charge in [0.2, 0.25) is 0 Å². The first-order valence-corrected chi connectivity index (χ1v) is 18.8. The van der Waals surface area contributed by atoms with Crippen LogP contribution >= 0.6 is 0 Å². The van der Waals surface area contributed by atoms with Crippen LogP contribution in [0.4, 0.5) is 0 Å². The molecule has 5 heteroatoms. The highest BCUT2D eigenvalue weighted by atomic mass is 16.3. The lowest BCUT2D eigenvalue weighted by Gasteiger charge is -2.14. The topological polar surface area (TPSA) is 56.7 Å². The van der Waals surface area contributed by atoms with Crippen LogP contribution in [0.2, 0.25) is 0 Å². The Balaban J connectivity index is 1.05. The number of aromatic nitrogens is 4. The molecule has 3 aromatic heterocycles. The average Bonchev–Trinajstić information content (AvgIpc) is 3.82. The Morgan fingerprint density at radius 3 is 1.66 bits per heavy atom. The highest BCUT2D eigenvalue weighted by Crippen LogP contribution is 2.40. The Labute approximate surface area is 322 Å². The van der Waals surface area contributed by atoms with Gasteiger partial charge in [0.05, 0.1) is 11.0 Å². The molecule has 0 radical (unpaired) electrons. The van der Waals surface area contributed by atoms with Gasteiger partial charge in [-0.1, -0.05) is 152 Å². The lowest BCUT2D eigenvalue weighted by atomic mass is 10.00. The molecule has 0 saturated carbocycles. The SMILES string of the molecule is c1ccc(-c2nc(-c3ccccc3)nc(-c3cccc(-c4cccc(-n5c6ccccc6c6cccc(-c7ccc8c(c7)oc7ccccc78)c65)c4)c3)n2)cc1. The van der Waals surface area contributed by atoms with Crippen molar-refractivity contribution in [2.75, 3.05) is 0 Å². The Kier molecular flexibility index (Phi) is 7.42. The number of benzene rings is 8. The summed E-state index contributed by atoms with van der Waals surface area (Å²) in [6.07, 6.45) is 0. The maximum absolute atomic E-state index is 6.35. The molecule has 8 aromatic carbocycles. The largest absolute Gasteiger partial charge is 0.456 e. The van der Waals surface area contributed by atoms with E-state index in [9.17, 15) is 0 Å². The molecule has 0 N–H and O–H groups in total. The molecule has 262 valence electrons. The second-order valence-corrected chi connectivity index (χ2v) is 14.0. The Bertz CT molecular complexity index is 3200. The van der Waals surface area contributed by atoms with E-state index < -0.39 is 0 Å². The highest BCUT2D eigenvalue weighted by Gasteiger charge is 2.18. The Hall–Kier alpha value is -7.63. The zero-order chi connectivity index (χ0) is 37.0. The van der Waals surface area contributed by atoms with Gasteiger partial charge < -0.3 is 8.98 Å². The van der Waals surface area contributed by atoms with Crippen LogP contribution in [0.1, 0.15) is 0 Å². The summed E-state index contributed by atoms with van der Waals surface area (Å²) in [7, 11) is 0. The summed E-state index contributed by atoms with van der Waals surface area (Å²) in [6, 6.07) is 67.6. The normalized spacial score (nSPS) is 11.6. The number of rotatable bonds is 6. The molecule has 0 saturated heterocycles. The number of nitrogens with zero attached hydrogens (tertiary/aromatic N) is 4. The molecule has 11 rings (SSSR count). The first-order chi connectivity index (χ1) is 27.7. The predicted octanol–water partition coefficient (Wildman–Crippen LogP) is 13.2. The van der Waals surface area contributed by atoms with Gasteiger partial charge in [-0.05, 0) is 59.2 Å². The molecule has 11 aromatic rings. The number of hydrogen-bond acceptors (Lipinski definition) is 4. The molecule has 0 atom stereocenters. The van der Waals surface area contributed by atoms with Crippen LogP contribution in [0.3, 0.4) is 0 Å². The van der Waals surface area contributed by atoms with E-state index in [1.54, 1.807) is 0 Å². The van der Waals surface area contributed by atoms with E-state index in [-0.39, 0.29) is 0 Å². The fourth-order valence-corrected chi connectivity index (χ4v) is 8.01. The molecule has 5 nitrogen and oxygen atoms in total. The van der Waals surface area contributed by atoms with Crippen LogP contribution in [0, 0.1) is 0 Å². The molecule has 0 spiro atoms. The smallest absolute Gasteiger partial charge is 0.164 e. The van der Waals surface area contributed by atoms with Gasteiger partial charge in [0.1, 0.15) is 11.2 Å². The third-order valence-electron chi connectivity index (χ3n) is 10.6. The minimum atomic E-state index is 0.629.